The third-order valence-corrected chi connectivity index (χ3v) is 3.46. The van der Waals surface area contributed by atoms with Gasteiger partial charge in [0.25, 0.3) is 5.91 Å². The van der Waals surface area contributed by atoms with Crippen molar-refractivity contribution < 1.29 is 14.3 Å². The monoisotopic (exact) mass is 256 g/mol. The van der Waals surface area contributed by atoms with Gasteiger partial charge in [0.1, 0.15) is 0 Å². The fourth-order valence-corrected chi connectivity index (χ4v) is 2.17. The van der Waals surface area contributed by atoms with E-state index in [0.717, 1.165) is 19.3 Å². The van der Waals surface area contributed by atoms with E-state index in [1.165, 1.54) is 0 Å². The summed E-state index contributed by atoms with van der Waals surface area (Å²) < 4.78 is 4.78. The molecule has 0 saturated carbocycles. The Bertz CT molecular complexity index is 315. The third kappa shape index (κ3) is 3.98. The molecule has 18 heavy (non-hydrogen) atoms. The second kappa shape index (κ2) is 6.18. The highest BCUT2D eigenvalue weighted by Gasteiger charge is 2.31. The molecule has 0 spiro atoms. The van der Waals surface area contributed by atoms with Crippen LogP contribution in [0.2, 0.25) is 0 Å². The van der Waals surface area contributed by atoms with Crippen molar-refractivity contribution in [3.8, 4) is 0 Å². The van der Waals surface area contributed by atoms with Crippen LogP contribution in [0.3, 0.4) is 0 Å². The van der Waals surface area contributed by atoms with Gasteiger partial charge in [-0.05, 0) is 31.6 Å². The number of nitrogens with two attached hydrogens (primary N) is 1. The highest BCUT2D eigenvalue weighted by atomic mass is 16.5. The summed E-state index contributed by atoms with van der Waals surface area (Å²) in [5.74, 6) is -0.947. The quantitative estimate of drug-likeness (QED) is 0.602. The molecule has 2 N–H and O–H groups in total. The van der Waals surface area contributed by atoms with E-state index in [1.54, 1.807) is 11.8 Å². The lowest BCUT2D eigenvalue weighted by Gasteiger charge is -2.24. The Morgan fingerprint density at radius 3 is 2.61 bits per heavy atom. The largest absolute Gasteiger partial charge is 0.464 e. The number of ether oxygens (including phenoxy) is 1. The molecule has 0 bridgehead atoms. The van der Waals surface area contributed by atoms with Crippen molar-refractivity contribution in [2.75, 3.05) is 19.7 Å². The predicted octanol–water partition coefficient (Wildman–Crippen LogP) is 0.915. The zero-order valence-electron chi connectivity index (χ0n) is 11.6. The zero-order chi connectivity index (χ0) is 13.8. The molecule has 5 nitrogen and oxygen atoms in total. The molecule has 5 heteroatoms. The summed E-state index contributed by atoms with van der Waals surface area (Å²) in [7, 11) is 0. The van der Waals surface area contributed by atoms with Crippen LogP contribution >= 0.6 is 0 Å². The highest BCUT2D eigenvalue weighted by Crippen LogP contribution is 2.29. The summed E-state index contributed by atoms with van der Waals surface area (Å²) in [5, 5.41) is 0. The number of hydrogen-bond donors (Lipinski definition) is 1. The number of carbonyl (C=O) groups is 2. The number of carbonyl (C=O) groups excluding carboxylic acids is 2. The fraction of sp³-hybridized carbons (Fsp3) is 0.846. The molecule has 0 aromatic carbocycles. The number of likely N-dealkylation sites (tertiary alicyclic amines) is 1. The molecule has 1 heterocycles. The van der Waals surface area contributed by atoms with Crippen molar-refractivity contribution in [1.82, 2.24) is 4.90 Å². The molecule has 0 radical (unpaired) electrons. The maximum absolute atomic E-state index is 12.1. The molecule has 0 aromatic heterocycles. The van der Waals surface area contributed by atoms with Crippen molar-refractivity contribution in [2.24, 2.45) is 11.1 Å². The second-order valence-electron chi connectivity index (χ2n) is 5.57. The number of esters is 1. The molecule has 1 atom stereocenters. The summed E-state index contributed by atoms with van der Waals surface area (Å²) in [4.78, 5) is 25.2. The minimum Gasteiger partial charge on any atom is -0.464 e. The van der Waals surface area contributed by atoms with Crippen LogP contribution in [-0.4, -0.2) is 42.5 Å². The van der Waals surface area contributed by atoms with Gasteiger partial charge in [0.2, 0.25) is 0 Å². The Balaban J connectivity index is 2.58. The lowest BCUT2D eigenvalue weighted by molar-refractivity contribution is -0.150. The van der Waals surface area contributed by atoms with Gasteiger partial charge in [-0.15, -0.1) is 0 Å². The van der Waals surface area contributed by atoms with E-state index in [9.17, 15) is 9.59 Å². The summed E-state index contributed by atoms with van der Waals surface area (Å²) in [6.07, 6.45) is 2.98. The molecule has 1 unspecified atom stereocenters. The topological polar surface area (TPSA) is 72.6 Å². The minimum atomic E-state index is -1.17. The van der Waals surface area contributed by atoms with Crippen LogP contribution < -0.4 is 5.73 Å². The minimum absolute atomic E-state index is 0.243. The van der Waals surface area contributed by atoms with Gasteiger partial charge in [-0.2, -0.15) is 0 Å². The van der Waals surface area contributed by atoms with Gasteiger partial charge in [-0.3, -0.25) is 4.79 Å². The lowest BCUT2D eigenvalue weighted by Crippen LogP contribution is -2.49. The van der Waals surface area contributed by atoms with E-state index in [2.05, 4.69) is 13.8 Å². The Morgan fingerprint density at radius 1 is 1.33 bits per heavy atom. The van der Waals surface area contributed by atoms with Gasteiger partial charge in [-0.1, -0.05) is 13.8 Å². The normalized spacial score (nSPS) is 21.0. The van der Waals surface area contributed by atoms with Crippen LogP contribution in [-0.2, 0) is 14.3 Å². The number of hydrogen-bond acceptors (Lipinski definition) is 4. The fourth-order valence-electron chi connectivity index (χ4n) is 2.17. The Labute approximate surface area is 109 Å². The van der Waals surface area contributed by atoms with Gasteiger partial charge >= 0.3 is 5.97 Å². The first-order valence-corrected chi connectivity index (χ1v) is 6.58. The summed E-state index contributed by atoms with van der Waals surface area (Å²) in [6, 6.07) is -1.17. The molecule has 0 aliphatic carbocycles. The molecule has 1 rings (SSSR count). The van der Waals surface area contributed by atoms with Crippen LogP contribution in [0.4, 0.5) is 0 Å². The first-order chi connectivity index (χ1) is 8.37. The van der Waals surface area contributed by atoms with Gasteiger partial charge in [-0.25, -0.2) is 4.79 Å². The van der Waals surface area contributed by atoms with Gasteiger partial charge in [0.05, 0.1) is 6.61 Å². The molecule has 1 fully saturated rings. The van der Waals surface area contributed by atoms with Gasteiger partial charge in [0, 0.05) is 13.1 Å². The smallest absolute Gasteiger partial charge is 0.332 e. The van der Waals surface area contributed by atoms with E-state index < -0.39 is 12.0 Å². The van der Waals surface area contributed by atoms with Crippen LogP contribution in [0.25, 0.3) is 0 Å². The Hall–Kier alpha value is -1.10. The lowest BCUT2D eigenvalue weighted by atomic mass is 9.85. The van der Waals surface area contributed by atoms with Crippen LogP contribution in [0.15, 0.2) is 0 Å². The van der Waals surface area contributed by atoms with Crippen molar-refractivity contribution in [1.29, 1.82) is 0 Å². The number of amides is 1. The highest BCUT2D eigenvalue weighted by molar-refractivity contribution is 6.01. The molecular weight excluding hydrogens is 232 g/mol. The second-order valence-corrected chi connectivity index (χ2v) is 5.57. The van der Waals surface area contributed by atoms with Crippen LogP contribution in [0.5, 0.6) is 0 Å². The van der Waals surface area contributed by atoms with Crippen molar-refractivity contribution in [3.63, 3.8) is 0 Å². The maximum Gasteiger partial charge on any atom is 0.332 e. The van der Waals surface area contributed by atoms with Gasteiger partial charge < -0.3 is 15.4 Å². The first-order valence-electron chi connectivity index (χ1n) is 6.58. The molecule has 1 amide bonds. The van der Waals surface area contributed by atoms with E-state index in [4.69, 9.17) is 10.5 Å². The first kappa shape index (κ1) is 15.0. The Kier molecular flexibility index (Phi) is 5.14. The van der Waals surface area contributed by atoms with E-state index in [0.29, 0.717) is 13.1 Å². The van der Waals surface area contributed by atoms with E-state index >= 15 is 0 Å². The Morgan fingerprint density at radius 2 is 2.00 bits per heavy atom. The average Bonchev–Trinajstić information content (AvgIpc) is 2.48. The van der Waals surface area contributed by atoms with E-state index in [1.807, 2.05) is 0 Å². The van der Waals surface area contributed by atoms with Gasteiger partial charge in [0.15, 0.2) is 6.04 Å². The van der Waals surface area contributed by atoms with E-state index in [-0.39, 0.29) is 17.9 Å². The SMILES string of the molecule is CCOC(=O)C(N)C(=O)N1CCCC(C)(C)CC1. The molecule has 1 saturated heterocycles. The number of nitrogens with zero attached hydrogens (tertiary/aromatic N) is 1. The third-order valence-electron chi connectivity index (χ3n) is 3.46. The molecule has 1 aliphatic heterocycles. The molecule has 104 valence electrons. The molecule has 0 aromatic rings. The van der Waals surface area contributed by atoms with Crippen molar-refractivity contribution >= 4 is 11.9 Å². The predicted molar refractivity (Wildman–Crippen MR) is 68.8 cm³/mol. The molecular formula is C13H24N2O3. The molecule has 1 aliphatic rings. The van der Waals surface area contributed by atoms with Crippen LogP contribution in [0, 0.1) is 5.41 Å². The van der Waals surface area contributed by atoms with Crippen molar-refractivity contribution in [2.45, 2.75) is 46.1 Å². The van der Waals surface area contributed by atoms with Crippen molar-refractivity contribution in [3.05, 3.63) is 0 Å². The maximum atomic E-state index is 12.1. The van der Waals surface area contributed by atoms with Crippen LogP contribution in [0.1, 0.15) is 40.0 Å². The summed E-state index contributed by atoms with van der Waals surface area (Å²) in [5.41, 5.74) is 5.88. The summed E-state index contributed by atoms with van der Waals surface area (Å²) >= 11 is 0. The summed E-state index contributed by atoms with van der Waals surface area (Å²) in [6.45, 7) is 7.68. The average molecular weight is 256 g/mol. The zero-order valence-corrected chi connectivity index (χ0v) is 11.6. The standard InChI is InChI=1S/C13H24N2O3/c1-4-18-12(17)10(14)11(16)15-8-5-6-13(2,3)7-9-15/h10H,4-9,14H2,1-3H3. The number of rotatable bonds is 3.